The van der Waals surface area contributed by atoms with Gasteiger partial charge in [0.05, 0.1) is 0 Å². The molecule has 6 heteroatoms. The molecule has 2 aromatic rings. The number of carbonyl (C=O) groups excluding carboxylic acids is 2. The Balaban J connectivity index is 1.32. The lowest BCUT2D eigenvalue weighted by atomic mass is 9.75. The summed E-state index contributed by atoms with van der Waals surface area (Å²) in [4.78, 5) is 26.9. The Morgan fingerprint density at radius 2 is 1.59 bits per heavy atom. The average Bonchev–Trinajstić information content (AvgIpc) is 2.82. The van der Waals surface area contributed by atoms with Crippen molar-refractivity contribution in [2.45, 2.75) is 69.4 Å². The first kappa shape index (κ1) is 26.2. The summed E-state index contributed by atoms with van der Waals surface area (Å²) in [6.07, 6.45) is 7.25. The third-order valence-electron chi connectivity index (χ3n) is 7.06. The molecule has 0 bridgehead atoms. The molecule has 0 heterocycles. The van der Waals surface area contributed by atoms with Crippen molar-refractivity contribution < 1.29 is 9.59 Å². The molecule has 0 unspecified atom stereocenters. The zero-order valence-electron chi connectivity index (χ0n) is 20.5. The topological polar surface area (TPSA) is 61.4 Å². The summed E-state index contributed by atoms with van der Waals surface area (Å²) in [7, 11) is 4.34. The Morgan fingerprint density at radius 1 is 0.941 bits per heavy atom. The van der Waals surface area contributed by atoms with Gasteiger partial charge in [-0.05, 0) is 82.3 Å². The molecule has 184 valence electrons. The molecule has 1 aliphatic rings. The van der Waals surface area contributed by atoms with Crippen LogP contribution in [0.5, 0.6) is 0 Å². The first-order valence-corrected chi connectivity index (χ1v) is 12.8. The fourth-order valence-corrected chi connectivity index (χ4v) is 4.98. The Kier molecular flexibility index (Phi) is 9.97. The molecule has 0 spiro atoms. The van der Waals surface area contributed by atoms with Crippen LogP contribution >= 0.6 is 11.6 Å². The van der Waals surface area contributed by atoms with Crippen molar-refractivity contribution in [3.8, 4) is 0 Å². The van der Waals surface area contributed by atoms with E-state index in [0.717, 1.165) is 44.1 Å². The van der Waals surface area contributed by atoms with Gasteiger partial charge in [0, 0.05) is 36.0 Å². The lowest BCUT2D eigenvalue weighted by Crippen LogP contribution is -2.52. The predicted molar refractivity (Wildman–Crippen MR) is 139 cm³/mol. The molecule has 1 aliphatic carbocycles. The number of nitrogens with zero attached hydrogens (tertiary/aromatic N) is 1. The van der Waals surface area contributed by atoms with Crippen molar-refractivity contribution >= 4 is 23.4 Å². The maximum Gasteiger partial charge on any atom is 0.220 e. The predicted octanol–water partition coefficient (Wildman–Crippen LogP) is 4.77. The van der Waals surface area contributed by atoms with Gasteiger partial charge in [0.1, 0.15) is 0 Å². The summed E-state index contributed by atoms with van der Waals surface area (Å²) in [5, 5.41) is 6.85. The molecule has 2 N–H and O–H groups in total. The number of benzene rings is 2. The monoisotopic (exact) mass is 483 g/mol. The van der Waals surface area contributed by atoms with Gasteiger partial charge in [-0.25, -0.2) is 0 Å². The SMILES string of the molecule is CN(C)C1(Cc2ccccc2)CCC(NC(=O)CCCC(=O)NCCc2ccc(Cl)cc2)CC1. The molecular formula is C28H38ClN3O2. The highest BCUT2D eigenvalue weighted by Gasteiger charge is 2.37. The summed E-state index contributed by atoms with van der Waals surface area (Å²) in [5.41, 5.74) is 2.65. The molecule has 0 saturated heterocycles. The van der Waals surface area contributed by atoms with Gasteiger partial charge in [0.25, 0.3) is 0 Å². The van der Waals surface area contributed by atoms with Crippen LogP contribution in [0.4, 0.5) is 0 Å². The van der Waals surface area contributed by atoms with E-state index >= 15 is 0 Å². The number of rotatable bonds is 11. The van der Waals surface area contributed by atoms with Crippen LogP contribution in [0.15, 0.2) is 54.6 Å². The van der Waals surface area contributed by atoms with E-state index in [-0.39, 0.29) is 23.4 Å². The summed E-state index contributed by atoms with van der Waals surface area (Å²) in [6.45, 7) is 0.589. The van der Waals surface area contributed by atoms with Crippen molar-refractivity contribution in [3.63, 3.8) is 0 Å². The average molecular weight is 484 g/mol. The van der Waals surface area contributed by atoms with Gasteiger partial charge >= 0.3 is 0 Å². The second-order valence-corrected chi connectivity index (χ2v) is 10.1. The van der Waals surface area contributed by atoms with Gasteiger partial charge in [-0.3, -0.25) is 9.59 Å². The van der Waals surface area contributed by atoms with Crippen molar-refractivity contribution in [1.82, 2.24) is 15.5 Å². The molecule has 2 amide bonds. The normalized spacial score (nSPS) is 20.2. The number of hydrogen-bond donors (Lipinski definition) is 2. The summed E-state index contributed by atoms with van der Waals surface area (Å²) in [6, 6.07) is 18.5. The summed E-state index contributed by atoms with van der Waals surface area (Å²) < 4.78 is 0. The Bertz CT molecular complexity index is 907. The van der Waals surface area contributed by atoms with Crippen LogP contribution in [0.25, 0.3) is 0 Å². The molecule has 3 rings (SSSR count). The van der Waals surface area contributed by atoms with Crippen molar-refractivity contribution in [1.29, 1.82) is 0 Å². The highest BCUT2D eigenvalue weighted by atomic mass is 35.5. The zero-order valence-corrected chi connectivity index (χ0v) is 21.2. The van der Waals surface area contributed by atoms with Crippen LogP contribution < -0.4 is 10.6 Å². The van der Waals surface area contributed by atoms with Crippen molar-refractivity contribution in [2.75, 3.05) is 20.6 Å². The third-order valence-corrected chi connectivity index (χ3v) is 7.31. The third kappa shape index (κ3) is 8.14. The first-order chi connectivity index (χ1) is 16.4. The van der Waals surface area contributed by atoms with Crippen molar-refractivity contribution in [3.05, 3.63) is 70.7 Å². The molecule has 0 radical (unpaired) electrons. The van der Waals surface area contributed by atoms with E-state index in [1.54, 1.807) is 0 Å². The number of halogens is 1. The minimum absolute atomic E-state index is 0.00360. The summed E-state index contributed by atoms with van der Waals surface area (Å²) >= 11 is 5.89. The van der Waals surface area contributed by atoms with E-state index in [1.807, 2.05) is 24.3 Å². The van der Waals surface area contributed by atoms with Crippen LogP contribution in [0, 0.1) is 0 Å². The van der Waals surface area contributed by atoms with Crippen LogP contribution in [0.3, 0.4) is 0 Å². The molecule has 0 atom stereocenters. The fourth-order valence-electron chi connectivity index (χ4n) is 4.85. The molecule has 2 aromatic carbocycles. The van der Waals surface area contributed by atoms with E-state index in [4.69, 9.17) is 11.6 Å². The quantitative estimate of drug-likeness (QED) is 0.484. The second kappa shape index (κ2) is 12.9. The number of amides is 2. The number of carbonyl (C=O) groups is 2. The first-order valence-electron chi connectivity index (χ1n) is 12.4. The van der Waals surface area contributed by atoms with Gasteiger partial charge in [0.15, 0.2) is 0 Å². The van der Waals surface area contributed by atoms with Crippen LogP contribution in [-0.4, -0.2) is 48.9 Å². The van der Waals surface area contributed by atoms with Crippen LogP contribution in [0.1, 0.15) is 56.1 Å². The van der Waals surface area contributed by atoms with E-state index in [0.29, 0.717) is 30.8 Å². The van der Waals surface area contributed by atoms with E-state index in [1.165, 1.54) is 5.56 Å². The van der Waals surface area contributed by atoms with E-state index in [2.05, 4.69) is 60.0 Å². The van der Waals surface area contributed by atoms with Crippen molar-refractivity contribution in [2.24, 2.45) is 0 Å². The fraction of sp³-hybridized carbons (Fsp3) is 0.500. The minimum atomic E-state index is -0.00360. The number of nitrogens with one attached hydrogen (secondary N) is 2. The maximum atomic E-state index is 12.4. The van der Waals surface area contributed by atoms with Gasteiger partial charge in [-0.15, -0.1) is 0 Å². The highest BCUT2D eigenvalue weighted by Crippen LogP contribution is 2.35. The lowest BCUT2D eigenvalue weighted by molar-refractivity contribution is -0.123. The molecule has 1 saturated carbocycles. The highest BCUT2D eigenvalue weighted by molar-refractivity contribution is 6.30. The number of likely N-dealkylation sites (N-methyl/N-ethyl adjacent to an activating group) is 1. The Morgan fingerprint density at radius 3 is 2.24 bits per heavy atom. The summed E-state index contributed by atoms with van der Waals surface area (Å²) in [5.74, 6) is 0.0514. The molecule has 1 fully saturated rings. The standard InChI is InChI=1S/C28H38ClN3O2/c1-32(2)28(21-23-7-4-3-5-8-23)18-15-25(16-19-28)31-27(34)10-6-9-26(33)30-20-17-22-11-13-24(29)14-12-22/h3-5,7-8,11-14,25H,6,9-10,15-21H2,1-2H3,(H,30,33)(H,31,34). The Labute approximate surface area is 209 Å². The second-order valence-electron chi connectivity index (χ2n) is 9.70. The smallest absolute Gasteiger partial charge is 0.220 e. The van der Waals surface area contributed by atoms with E-state index in [9.17, 15) is 9.59 Å². The van der Waals surface area contributed by atoms with E-state index < -0.39 is 0 Å². The molecular weight excluding hydrogens is 446 g/mol. The van der Waals surface area contributed by atoms with Gasteiger partial charge in [-0.1, -0.05) is 54.1 Å². The van der Waals surface area contributed by atoms with Gasteiger partial charge < -0.3 is 15.5 Å². The van der Waals surface area contributed by atoms with Crippen LogP contribution in [-0.2, 0) is 22.4 Å². The van der Waals surface area contributed by atoms with Gasteiger partial charge in [-0.2, -0.15) is 0 Å². The lowest BCUT2D eigenvalue weighted by Gasteiger charge is -2.45. The molecule has 0 aliphatic heterocycles. The molecule has 0 aromatic heterocycles. The number of hydrogen-bond acceptors (Lipinski definition) is 3. The molecule has 34 heavy (non-hydrogen) atoms. The van der Waals surface area contributed by atoms with Crippen LogP contribution in [0.2, 0.25) is 5.02 Å². The Hall–Kier alpha value is -2.37. The largest absolute Gasteiger partial charge is 0.356 e. The maximum absolute atomic E-state index is 12.4. The zero-order chi connectivity index (χ0) is 24.4. The van der Waals surface area contributed by atoms with Gasteiger partial charge in [0.2, 0.25) is 11.8 Å². The minimum Gasteiger partial charge on any atom is -0.356 e. The molecule has 5 nitrogen and oxygen atoms in total.